The maximum absolute atomic E-state index is 14.3. The van der Waals surface area contributed by atoms with Crippen molar-refractivity contribution in [2.24, 2.45) is 5.41 Å². The topological polar surface area (TPSA) is 90.0 Å². The van der Waals surface area contributed by atoms with Gasteiger partial charge >= 0.3 is 0 Å². The summed E-state index contributed by atoms with van der Waals surface area (Å²) in [5.74, 6) is 0.934. The summed E-state index contributed by atoms with van der Waals surface area (Å²) in [6.45, 7) is 12.3. The van der Waals surface area contributed by atoms with E-state index in [1.54, 1.807) is 0 Å². The number of aliphatic hydroxyl groups is 1. The number of pyridine rings is 1. The number of nitrogens with one attached hydrogen (secondary N) is 2. The molecule has 0 bridgehead atoms. The van der Waals surface area contributed by atoms with Crippen LogP contribution in [0.25, 0.3) is 0 Å². The van der Waals surface area contributed by atoms with Crippen molar-refractivity contribution in [1.82, 2.24) is 15.6 Å². The number of hydrogen-bond acceptors (Lipinski definition) is 7. The Morgan fingerprint density at radius 1 is 1.18 bits per heavy atom. The highest BCUT2D eigenvalue weighted by molar-refractivity contribution is 5.73. The third-order valence-electron chi connectivity index (χ3n) is 6.96. The molecule has 9 heteroatoms. The number of hydrogen-bond donors (Lipinski definition) is 3. The molecule has 0 radical (unpaired) electrons. The van der Waals surface area contributed by atoms with Crippen molar-refractivity contribution in [3.63, 3.8) is 0 Å². The van der Waals surface area contributed by atoms with E-state index in [-0.39, 0.29) is 29.7 Å². The maximum atomic E-state index is 14.3. The van der Waals surface area contributed by atoms with Crippen molar-refractivity contribution in [3.05, 3.63) is 46.9 Å². The largest absolute Gasteiger partial charge is 0.484 e. The lowest BCUT2D eigenvalue weighted by molar-refractivity contribution is -0.120. The fraction of sp³-hybridized carbons (Fsp3) is 0.613. The molecule has 0 saturated heterocycles. The third kappa shape index (κ3) is 8.54. The molecule has 1 aliphatic heterocycles. The van der Waals surface area contributed by atoms with Crippen LogP contribution in [-0.4, -0.2) is 68.5 Å². The number of fused-ring (bicyclic) bond motifs is 1. The Labute approximate surface area is 239 Å². The Hall–Kier alpha value is -2.91. The lowest BCUT2D eigenvalue weighted by Crippen LogP contribution is -2.49. The molecule has 2 heterocycles. The van der Waals surface area contributed by atoms with E-state index in [0.717, 1.165) is 34.9 Å². The molecule has 3 atom stereocenters. The second-order valence-electron chi connectivity index (χ2n) is 13.3. The summed E-state index contributed by atoms with van der Waals surface area (Å²) in [6.07, 6.45) is 0.891. The van der Waals surface area contributed by atoms with Gasteiger partial charge < -0.3 is 30.3 Å². The van der Waals surface area contributed by atoms with E-state index >= 15 is 0 Å². The van der Waals surface area contributed by atoms with Gasteiger partial charge in [-0.05, 0) is 61.9 Å². The van der Waals surface area contributed by atoms with Crippen molar-refractivity contribution < 1.29 is 19.0 Å². The van der Waals surface area contributed by atoms with Crippen LogP contribution in [0.1, 0.15) is 70.8 Å². The van der Waals surface area contributed by atoms with Crippen LogP contribution in [0.4, 0.5) is 15.9 Å². The summed E-state index contributed by atoms with van der Waals surface area (Å²) < 4.78 is 20.8. The zero-order chi connectivity index (χ0) is 30.0. The number of amides is 1. The molecule has 0 unspecified atom stereocenters. The van der Waals surface area contributed by atoms with Crippen LogP contribution < -0.4 is 25.2 Å². The molecule has 2 aromatic rings. The van der Waals surface area contributed by atoms with Crippen LogP contribution in [0.15, 0.2) is 24.3 Å². The number of anilines is 2. The van der Waals surface area contributed by atoms with E-state index in [0.29, 0.717) is 18.4 Å². The van der Waals surface area contributed by atoms with Gasteiger partial charge in [0.25, 0.3) is 0 Å². The Kier molecular flexibility index (Phi) is 9.73. The van der Waals surface area contributed by atoms with Gasteiger partial charge in [0.05, 0.1) is 12.1 Å². The molecule has 0 aliphatic carbocycles. The predicted octanol–water partition coefficient (Wildman–Crippen LogP) is 4.24. The molecule has 3 N–H and O–H groups in total. The minimum atomic E-state index is -0.909. The Morgan fingerprint density at radius 3 is 2.42 bits per heavy atom. The molecule has 1 aromatic carbocycles. The lowest BCUT2D eigenvalue weighted by atomic mass is 9.86. The molecule has 1 aliphatic rings. The molecule has 1 amide bonds. The first-order valence-corrected chi connectivity index (χ1v) is 14.0. The third-order valence-corrected chi connectivity index (χ3v) is 6.96. The number of aliphatic hydroxyl groups excluding tert-OH is 1. The van der Waals surface area contributed by atoms with Crippen molar-refractivity contribution in [2.45, 2.75) is 84.6 Å². The molecule has 40 heavy (non-hydrogen) atoms. The van der Waals surface area contributed by atoms with Crippen LogP contribution in [-0.2, 0) is 17.6 Å². The molecule has 8 nitrogen and oxygen atoms in total. The normalized spacial score (nSPS) is 17.9. The summed E-state index contributed by atoms with van der Waals surface area (Å²) >= 11 is 0. The molecule has 0 spiro atoms. The van der Waals surface area contributed by atoms with Crippen LogP contribution >= 0.6 is 0 Å². The number of aromatic nitrogens is 1. The van der Waals surface area contributed by atoms with Crippen molar-refractivity contribution >= 4 is 17.4 Å². The van der Waals surface area contributed by atoms with Gasteiger partial charge in [0.1, 0.15) is 11.4 Å². The number of carbonyl (C=O) groups excluding carboxylic acids is 1. The number of benzene rings is 1. The predicted molar refractivity (Wildman–Crippen MR) is 160 cm³/mol. The van der Waals surface area contributed by atoms with Crippen LogP contribution in [0.3, 0.4) is 0 Å². The molecule has 0 fully saturated rings. The quantitative estimate of drug-likeness (QED) is 0.403. The van der Waals surface area contributed by atoms with E-state index in [9.17, 15) is 14.3 Å². The fourth-order valence-electron chi connectivity index (χ4n) is 5.21. The molecular weight excluding hydrogens is 509 g/mol. The zero-order valence-electron chi connectivity index (χ0n) is 25.9. The van der Waals surface area contributed by atoms with Gasteiger partial charge in [0, 0.05) is 71.1 Å². The zero-order valence-corrected chi connectivity index (χ0v) is 25.9. The van der Waals surface area contributed by atoms with Gasteiger partial charge in [-0.1, -0.05) is 20.8 Å². The van der Waals surface area contributed by atoms with Gasteiger partial charge in [-0.15, -0.1) is 0 Å². The van der Waals surface area contributed by atoms with E-state index in [1.807, 2.05) is 44.1 Å². The summed E-state index contributed by atoms with van der Waals surface area (Å²) in [6, 6.07) is 6.22. The van der Waals surface area contributed by atoms with Crippen LogP contribution in [0, 0.1) is 11.2 Å². The first-order valence-electron chi connectivity index (χ1n) is 14.0. The van der Waals surface area contributed by atoms with Crippen molar-refractivity contribution in [1.29, 1.82) is 0 Å². The smallest absolute Gasteiger partial charge is 0.217 e. The van der Waals surface area contributed by atoms with E-state index in [1.165, 1.54) is 19.1 Å². The average Bonchev–Trinajstić information content (AvgIpc) is 2.79. The van der Waals surface area contributed by atoms with Gasteiger partial charge in [0.15, 0.2) is 11.6 Å². The van der Waals surface area contributed by atoms with Crippen LogP contribution in [0.5, 0.6) is 5.75 Å². The van der Waals surface area contributed by atoms with E-state index in [2.05, 4.69) is 51.3 Å². The lowest BCUT2D eigenvalue weighted by Gasteiger charge is -2.40. The summed E-state index contributed by atoms with van der Waals surface area (Å²) in [5.41, 5.74) is 3.04. The number of rotatable bonds is 10. The van der Waals surface area contributed by atoms with Gasteiger partial charge in [-0.3, -0.25) is 4.79 Å². The Morgan fingerprint density at radius 2 is 1.85 bits per heavy atom. The summed E-state index contributed by atoms with van der Waals surface area (Å²) in [4.78, 5) is 20.8. The number of carbonyl (C=O) groups is 1. The molecule has 222 valence electrons. The highest BCUT2D eigenvalue weighted by Crippen LogP contribution is 2.44. The summed E-state index contributed by atoms with van der Waals surface area (Å²) in [7, 11) is 7.62. The monoisotopic (exact) mass is 557 g/mol. The Balaban J connectivity index is 1.88. The number of nitrogens with zero attached hydrogens (tertiary/aromatic N) is 3. The fourth-order valence-corrected chi connectivity index (χ4v) is 5.21. The number of halogens is 1. The van der Waals surface area contributed by atoms with Gasteiger partial charge in [0.2, 0.25) is 5.91 Å². The molecular formula is C31H48FN5O3. The number of ether oxygens (including phenoxy) is 1. The minimum Gasteiger partial charge on any atom is -0.484 e. The van der Waals surface area contributed by atoms with Gasteiger partial charge in [-0.25, -0.2) is 9.37 Å². The highest BCUT2D eigenvalue weighted by Gasteiger charge is 2.37. The Bertz CT molecular complexity index is 1190. The SMILES string of the molecule is CC(=O)N[C@@H](Cc1cc(F)cc(N(C)C)c1)[C@@H](O)CN[C@H]1CC(C)(C)Oc2c1cc(CC(C)(C)C)nc2N(C)C. The second kappa shape index (κ2) is 12.3. The molecule has 0 saturated carbocycles. The summed E-state index contributed by atoms with van der Waals surface area (Å²) in [5, 5.41) is 17.7. The first-order chi connectivity index (χ1) is 18.4. The highest BCUT2D eigenvalue weighted by atomic mass is 19.1. The maximum Gasteiger partial charge on any atom is 0.217 e. The van der Waals surface area contributed by atoms with E-state index in [4.69, 9.17) is 9.72 Å². The van der Waals surface area contributed by atoms with Crippen LogP contribution in [0.2, 0.25) is 0 Å². The average molecular weight is 558 g/mol. The minimum absolute atomic E-state index is 0.0632. The first kappa shape index (κ1) is 31.6. The second-order valence-corrected chi connectivity index (χ2v) is 13.3. The molecule has 3 rings (SSSR count). The van der Waals surface area contributed by atoms with Crippen molar-refractivity contribution in [2.75, 3.05) is 44.5 Å². The standard InChI is InChI=1S/C31H48FN5O3/c1-19(38)34-25(13-20-11-21(32)14-23(12-20)36(7)8)27(39)18-33-26-17-31(5,6)40-28-24(26)15-22(16-30(2,3)4)35-29(28)37(9)10/h11-12,14-15,25-27,33,39H,13,16-18H2,1-10H3,(H,34,38)/t25-,26-,27-/m0/s1. The van der Waals surface area contributed by atoms with E-state index < -0.39 is 17.7 Å². The molecule has 1 aromatic heterocycles. The van der Waals surface area contributed by atoms with Crippen molar-refractivity contribution in [3.8, 4) is 5.75 Å². The van der Waals surface area contributed by atoms with Gasteiger partial charge in [-0.2, -0.15) is 0 Å².